The van der Waals surface area contributed by atoms with Gasteiger partial charge in [0.25, 0.3) is 0 Å². The zero-order chi connectivity index (χ0) is 15.1. The highest BCUT2D eigenvalue weighted by atomic mass is 35.5. The molecule has 0 bridgehead atoms. The van der Waals surface area contributed by atoms with E-state index in [2.05, 4.69) is 20.9 Å². The maximum absolute atomic E-state index is 12.1. The van der Waals surface area contributed by atoms with Gasteiger partial charge >= 0.3 is 0 Å². The summed E-state index contributed by atoms with van der Waals surface area (Å²) in [5.41, 5.74) is 1.37. The summed E-state index contributed by atoms with van der Waals surface area (Å²) in [5, 5.41) is 8.88. The zero-order valence-electron chi connectivity index (χ0n) is 12.7. The summed E-state index contributed by atoms with van der Waals surface area (Å²) in [6.45, 7) is 5.61. The van der Waals surface area contributed by atoms with Gasteiger partial charge in [0.05, 0.1) is 6.54 Å². The highest BCUT2D eigenvalue weighted by Gasteiger charge is 2.12. The van der Waals surface area contributed by atoms with Crippen molar-refractivity contribution in [1.82, 2.24) is 10.2 Å². The number of benzene rings is 1. The standard InChI is InChI=1S/C15H22N4O2.ClH/c1-12(20)17-13-4-2-5-14(10-13)18-15(21)11-19-8-3-6-16-7-9-19;/h2,4-5,10,16H,3,6-9,11H2,1H3,(H,17,20)(H,18,21);1H. The maximum atomic E-state index is 12.1. The average Bonchev–Trinajstić information content (AvgIpc) is 2.66. The van der Waals surface area contributed by atoms with Gasteiger partial charge in [-0.05, 0) is 37.7 Å². The Labute approximate surface area is 137 Å². The van der Waals surface area contributed by atoms with E-state index in [1.54, 1.807) is 18.2 Å². The van der Waals surface area contributed by atoms with Gasteiger partial charge in [-0.3, -0.25) is 14.5 Å². The minimum Gasteiger partial charge on any atom is -0.326 e. The smallest absolute Gasteiger partial charge is 0.238 e. The van der Waals surface area contributed by atoms with Crippen LogP contribution in [0.5, 0.6) is 0 Å². The molecule has 22 heavy (non-hydrogen) atoms. The first-order valence-corrected chi connectivity index (χ1v) is 7.24. The van der Waals surface area contributed by atoms with Crippen LogP contribution < -0.4 is 16.0 Å². The number of hydrogen-bond donors (Lipinski definition) is 3. The average molecular weight is 327 g/mol. The molecule has 2 rings (SSSR count). The van der Waals surface area contributed by atoms with Crippen LogP contribution in [-0.2, 0) is 9.59 Å². The Morgan fingerprint density at radius 3 is 2.64 bits per heavy atom. The fraction of sp³-hybridized carbons (Fsp3) is 0.467. The van der Waals surface area contributed by atoms with Crippen LogP contribution in [0.3, 0.4) is 0 Å². The van der Waals surface area contributed by atoms with Gasteiger partial charge in [-0.25, -0.2) is 0 Å². The SMILES string of the molecule is CC(=O)Nc1cccc(NC(=O)CN2CCCNCC2)c1.Cl. The summed E-state index contributed by atoms with van der Waals surface area (Å²) in [6.07, 6.45) is 1.06. The van der Waals surface area contributed by atoms with Crippen LogP contribution in [0.2, 0.25) is 0 Å². The molecule has 0 saturated carbocycles. The highest BCUT2D eigenvalue weighted by Crippen LogP contribution is 2.15. The normalized spacial score (nSPS) is 15.3. The maximum Gasteiger partial charge on any atom is 0.238 e. The van der Waals surface area contributed by atoms with Crippen molar-refractivity contribution in [2.24, 2.45) is 0 Å². The van der Waals surface area contributed by atoms with E-state index < -0.39 is 0 Å². The van der Waals surface area contributed by atoms with Gasteiger partial charge in [0, 0.05) is 31.4 Å². The number of anilines is 2. The van der Waals surface area contributed by atoms with E-state index in [0.717, 1.165) is 32.6 Å². The van der Waals surface area contributed by atoms with Crippen molar-refractivity contribution in [2.45, 2.75) is 13.3 Å². The molecule has 1 saturated heterocycles. The lowest BCUT2D eigenvalue weighted by molar-refractivity contribution is -0.117. The lowest BCUT2D eigenvalue weighted by Gasteiger charge is -2.18. The molecule has 1 aromatic rings. The second kappa shape index (κ2) is 9.40. The van der Waals surface area contributed by atoms with Crippen molar-refractivity contribution >= 4 is 35.6 Å². The van der Waals surface area contributed by atoms with Gasteiger partial charge in [-0.1, -0.05) is 6.07 Å². The fourth-order valence-corrected chi connectivity index (χ4v) is 2.34. The topological polar surface area (TPSA) is 73.5 Å². The molecular weight excluding hydrogens is 304 g/mol. The number of nitrogens with zero attached hydrogens (tertiary/aromatic N) is 1. The molecule has 0 radical (unpaired) electrons. The van der Waals surface area contributed by atoms with Crippen LogP contribution >= 0.6 is 12.4 Å². The molecule has 2 amide bonds. The molecule has 6 nitrogen and oxygen atoms in total. The lowest BCUT2D eigenvalue weighted by atomic mass is 10.2. The molecule has 1 fully saturated rings. The second-order valence-electron chi connectivity index (χ2n) is 5.19. The Bertz CT molecular complexity index is 502. The van der Waals surface area contributed by atoms with E-state index in [-0.39, 0.29) is 24.2 Å². The number of hydrogen-bond acceptors (Lipinski definition) is 4. The summed E-state index contributed by atoms with van der Waals surface area (Å²) in [5.74, 6) is -0.160. The van der Waals surface area contributed by atoms with E-state index >= 15 is 0 Å². The van der Waals surface area contributed by atoms with Crippen LogP contribution in [0.4, 0.5) is 11.4 Å². The first-order valence-electron chi connectivity index (χ1n) is 7.24. The first kappa shape index (κ1) is 18.4. The van der Waals surface area contributed by atoms with Crippen LogP contribution in [0, 0.1) is 0 Å². The highest BCUT2D eigenvalue weighted by molar-refractivity contribution is 5.94. The lowest BCUT2D eigenvalue weighted by Crippen LogP contribution is -2.35. The molecule has 7 heteroatoms. The zero-order valence-corrected chi connectivity index (χ0v) is 13.5. The van der Waals surface area contributed by atoms with E-state index in [1.807, 2.05) is 6.07 Å². The molecule has 0 unspecified atom stereocenters. The van der Waals surface area contributed by atoms with Crippen molar-refractivity contribution in [3.8, 4) is 0 Å². The minimum absolute atomic E-state index is 0. The third-order valence-corrected chi connectivity index (χ3v) is 3.27. The van der Waals surface area contributed by atoms with Crippen molar-refractivity contribution < 1.29 is 9.59 Å². The first-order chi connectivity index (χ1) is 10.1. The predicted molar refractivity (Wildman–Crippen MR) is 90.6 cm³/mol. The number of carbonyl (C=O) groups excluding carboxylic acids is 2. The van der Waals surface area contributed by atoms with Gasteiger partial charge in [-0.15, -0.1) is 12.4 Å². The Balaban J connectivity index is 0.00000242. The van der Waals surface area contributed by atoms with Crippen LogP contribution in [0.1, 0.15) is 13.3 Å². The molecular formula is C15H23ClN4O2. The predicted octanol–water partition coefficient (Wildman–Crippen LogP) is 1.30. The van der Waals surface area contributed by atoms with Gasteiger partial charge < -0.3 is 16.0 Å². The van der Waals surface area contributed by atoms with Crippen molar-refractivity contribution in [3.63, 3.8) is 0 Å². The van der Waals surface area contributed by atoms with E-state index in [0.29, 0.717) is 17.9 Å². The number of carbonyl (C=O) groups is 2. The van der Waals surface area contributed by atoms with Gasteiger partial charge in [0.1, 0.15) is 0 Å². The van der Waals surface area contributed by atoms with Gasteiger partial charge in [-0.2, -0.15) is 0 Å². The summed E-state index contributed by atoms with van der Waals surface area (Å²) >= 11 is 0. The number of nitrogens with one attached hydrogen (secondary N) is 3. The Morgan fingerprint density at radius 1 is 1.18 bits per heavy atom. The third-order valence-electron chi connectivity index (χ3n) is 3.27. The molecule has 0 aromatic heterocycles. The monoisotopic (exact) mass is 326 g/mol. The molecule has 1 aliphatic heterocycles. The van der Waals surface area contributed by atoms with Gasteiger partial charge in [0.15, 0.2) is 0 Å². The van der Waals surface area contributed by atoms with Crippen molar-refractivity contribution in [3.05, 3.63) is 24.3 Å². The van der Waals surface area contributed by atoms with Crippen LogP contribution in [0.25, 0.3) is 0 Å². The Hall–Kier alpha value is -1.63. The quantitative estimate of drug-likeness (QED) is 0.780. The van der Waals surface area contributed by atoms with E-state index in [9.17, 15) is 9.59 Å². The molecule has 122 valence electrons. The molecule has 1 aromatic carbocycles. The van der Waals surface area contributed by atoms with Crippen LogP contribution in [0.15, 0.2) is 24.3 Å². The van der Waals surface area contributed by atoms with Crippen molar-refractivity contribution in [1.29, 1.82) is 0 Å². The van der Waals surface area contributed by atoms with E-state index in [1.165, 1.54) is 6.92 Å². The molecule has 0 aliphatic carbocycles. The summed E-state index contributed by atoms with van der Waals surface area (Å²) in [6, 6.07) is 7.16. The van der Waals surface area contributed by atoms with Gasteiger partial charge in [0.2, 0.25) is 11.8 Å². The number of rotatable bonds is 4. The largest absolute Gasteiger partial charge is 0.326 e. The number of amides is 2. The second-order valence-corrected chi connectivity index (χ2v) is 5.19. The minimum atomic E-state index is -0.129. The Morgan fingerprint density at radius 2 is 1.91 bits per heavy atom. The van der Waals surface area contributed by atoms with Crippen LogP contribution in [-0.4, -0.2) is 49.4 Å². The summed E-state index contributed by atoms with van der Waals surface area (Å²) in [7, 11) is 0. The third kappa shape index (κ3) is 6.43. The molecule has 0 atom stereocenters. The van der Waals surface area contributed by atoms with Crippen molar-refractivity contribution in [2.75, 3.05) is 43.4 Å². The molecule has 1 heterocycles. The summed E-state index contributed by atoms with van der Waals surface area (Å²) in [4.78, 5) is 25.2. The molecule has 1 aliphatic rings. The summed E-state index contributed by atoms with van der Waals surface area (Å²) < 4.78 is 0. The van der Waals surface area contributed by atoms with E-state index in [4.69, 9.17) is 0 Å². The number of halogens is 1. The molecule has 0 spiro atoms. The fourth-order valence-electron chi connectivity index (χ4n) is 2.34. The Kier molecular flexibility index (Phi) is 7.87. The molecule has 3 N–H and O–H groups in total.